The molecule has 0 spiro atoms. The second-order valence-corrected chi connectivity index (χ2v) is 8.10. The summed E-state index contributed by atoms with van der Waals surface area (Å²) >= 11 is 1.75. The molecule has 0 radical (unpaired) electrons. The molecule has 0 aliphatic heterocycles. The van der Waals surface area contributed by atoms with E-state index in [4.69, 9.17) is 9.88 Å². The van der Waals surface area contributed by atoms with Crippen molar-refractivity contribution in [1.29, 1.82) is 0 Å². The number of benzene rings is 1. The number of thiophene rings is 1. The van der Waals surface area contributed by atoms with Crippen molar-refractivity contribution >= 4 is 21.4 Å². The van der Waals surface area contributed by atoms with Gasteiger partial charge in [0.1, 0.15) is 12.4 Å². The summed E-state index contributed by atoms with van der Waals surface area (Å²) in [4.78, 5) is 1.40. The van der Waals surface area contributed by atoms with Crippen molar-refractivity contribution in [2.45, 2.75) is 24.8 Å². The molecule has 5 nitrogen and oxygen atoms in total. The molecule has 0 bridgehead atoms. The van der Waals surface area contributed by atoms with Gasteiger partial charge in [0.05, 0.1) is 4.90 Å². The van der Waals surface area contributed by atoms with Crippen LogP contribution in [0.2, 0.25) is 0 Å². The number of primary sulfonamides is 1. The second-order valence-electron chi connectivity index (χ2n) is 5.56. The fraction of sp³-hybridized carbons (Fsp3) is 0.375. The lowest BCUT2D eigenvalue weighted by molar-refractivity contribution is 0.294. The first-order valence-electron chi connectivity index (χ1n) is 7.40. The molecule has 23 heavy (non-hydrogen) atoms. The van der Waals surface area contributed by atoms with E-state index in [1.54, 1.807) is 23.5 Å². The number of sulfonamides is 1. The van der Waals surface area contributed by atoms with Crippen LogP contribution < -0.4 is 15.2 Å². The standard InChI is InChI=1S/C16H22N2O3S2/c1-12(2)16(15-4-3-11-22-15)18-9-10-21-13-5-7-14(8-6-13)23(17,19)20/h3-8,11-12,16,18H,9-10H2,1-2H3,(H2,17,19,20)/t16-/m0/s1. The van der Waals surface area contributed by atoms with Gasteiger partial charge in [-0.05, 0) is 41.6 Å². The number of hydrogen-bond acceptors (Lipinski definition) is 5. The normalized spacial score (nSPS) is 13.2. The quantitative estimate of drug-likeness (QED) is 0.714. The molecule has 0 aliphatic rings. The van der Waals surface area contributed by atoms with E-state index in [2.05, 4.69) is 36.7 Å². The molecule has 0 saturated heterocycles. The van der Waals surface area contributed by atoms with E-state index in [1.165, 1.54) is 17.0 Å². The summed E-state index contributed by atoms with van der Waals surface area (Å²) in [6, 6.07) is 10.6. The van der Waals surface area contributed by atoms with Gasteiger partial charge < -0.3 is 10.1 Å². The van der Waals surface area contributed by atoms with Crippen LogP contribution in [0.25, 0.3) is 0 Å². The van der Waals surface area contributed by atoms with Gasteiger partial charge in [-0.15, -0.1) is 11.3 Å². The minimum atomic E-state index is -3.66. The average molecular weight is 354 g/mol. The molecule has 1 aromatic carbocycles. The molecule has 126 valence electrons. The number of ether oxygens (including phenoxy) is 1. The van der Waals surface area contributed by atoms with E-state index >= 15 is 0 Å². The predicted molar refractivity (Wildman–Crippen MR) is 93.2 cm³/mol. The molecule has 0 aliphatic carbocycles. The maximum absolute atomic E-state index is 11.2. The minimum absolute atomic E-state index is 0.0838. The van der Waals surface area contributed by atoms with Crippen LogP contribution in [-0.2, 0) is 10.0 Å². The molecule has 0 unspecified atom stereocenters. The van der Waals surface area contributed by atoms with Crippen molar-refractivity contribution < 1.29 is 13.2 Å². The average Bonchev–Trinajstić information content (AvgIpc) is 3.00. The molecule has 0 amide bonds. The first kappa shape index (κ1) is 17.9. The zero-order valence-electron chi connectivity index (χ0n) is 13.2. The van der Waals surface area contributed by atoms with Crippen molar-refractivity contribution in [3.63, 3.8) is 0 Å². The highest BCUT2D eigenvalue weighted by Gasteiger charge is 2.15. The largest absolute Gasteiger partial charge is 0.492 e. The Hall–Kier alpha value is -1.41. The van der Waals surface area contributed by atoms with Gasteiger partial charge in [-0.1, -0.05) is 19.9 Å². The molecular formula is C16H22N2O3S2. The highest BCUT2D eigenvalue weighted by Crippen LogP contribution is 2.25. The van der Waals surface area contributed by atoms with Crippen molar-refractivity contribution in [1.82, 2.24) is 5.32 Å². The summed E-state index contributed by atoms with van der Waals surface area (Å²) in [6.45, 7) is 5.58. The van der Waals surface area contributed by atoms with Crippen LogP contribution in [0.4, 0.5) is 0 Å². The Kier molecular flexibility index (Phi) is 6.17. The van der Waals surface area contributed by atoms with Gasteiger partial charge in [-0.2, -0.15) is 0 Å². The summed E-state index contributed by atoms with van der Waals surface area (Å²) in [5.74, 6) is 1.11. The van der Waals surface area contributed by atoms with Gasteiger partial charge in [0, 0.05) is 17.5 Å². The number of nitrogens with one attached hydrogen (secondary N) is 1. The molecule has 0 fully saturated rings. The van der Waals surface area contributed by atoms with Crippen molar-refractivity contribution in [2.24, 2.45) is 11.1 Å². The maximum Gasteiger partial charge on any atom is 0.238 e. The Morgan fingerprint density at radius 2 is 1.91 bits per heavy atom. The van der Waals surface area contributed by atoms with E-state index in [9.17, 15) is 8.42 Å². The SMILES string of the molecule is CC(C)[C@H](NCCOc1ccc(S(N)(=O)=O)cc1)c1cccs1. The van der Waals surface area contributed by atoms with Gasteiger partial charge in [-0.3, -0.25) is 0 Å². The van der Waals surface area contributed by atoms with Crippen LogP contribution in [0.5, 0.6) is 5.75 Å². The monoisotopic (exact) mass is 354 g/mol. The van der Waals surface area contributed by atoms with Gasteiger partial charge >= 0.3 is 0 Å². The highest BCUT2D eigenvalue weighted by atomic mass is 32.2. The Morgan fingerprint density at radius 1 is 1.22 bits per heavy atom. The topological polar surface area (TPSA) is 81.4 Å². The molecule has 1 heterocycles. The van der Waals surface area contributed by atoms with Gasteiger partial charge in [-0.25, -0.2) is 13.6 Å². The first-order chi connectivity index (χ1) is 10.9. The third-order valence-electron chi connectivity index (χ3n) is 3.40. The molecule has 7 heteroatoms. The van der Waals surface area contributed by atoms with E-state index in [0.29, 0.717) is 30.9 Å². The summed E-state index contributed by atoms with van der Waals surface area (Å²) in [6.07, 6.45) is 0. The summed E-state index contributed by atoms with van der Waals surface area (Å²) < 4.78 is 28.0. The molecule has 1 aromatic heterocycles. The molecule has 3 N–H and O–H groups in total. The summed E-state index contributed by atoms with van der Waals surface area (Å²) in [7, 11) is -3.66. The second kappa shape index (κ2) is 7.92. The lowest BCUT2D eigenvalue weighted by atomic mass is 10.0. The number of hydrogen-bond donors (Lipinski definition) is 2. The van der Waals surface area contributed by atoms with Gasteiger partial charge in [0.25, 0.3) is 0 Å². The highest BCUT2D eigenvalue weighted by molar-refractivity contribution is 7.89. The van der Waals surface area contributed by atoms with Gasteiger partial charge in [0.2, 0.25) is 10.0 Å². The Bertz CT molecular complexity index is 695. The van der Waals surface area contributed by atoms with E-state index in [0.717, 1.165) is 0 Å². The van der Waals surface area contributed by atoms with Crippen LogP contribution in [0.3, 0.4) is 0 Å². The van der Waals surface area contributed by atoms with Crippen LogP contribution >= 0.6 is 11.3 Å². The Balaban J connectivity index is 1.83. The minimum Gasteiger partial charge on any atom is -0.492 e. The Morgan fingerprint density at radius 3 is 2.43 bits per heavy atom. The summed E-state index contributed by atoms with van der Waals surface area (Å²) in [5, 5.41) is 10.6. The third-order valence-corrected chi connectivity index (χ3v) is 5.29. The van der Waals surface area contributed by atoms with Crippen molar-refractivity contribution in [3.8, 4) is 5.75 Å². The Labute approximate surface area is 141 Å². The van der Waals surface area contributed by atoms with Crippen LogP contribution in [0.1, 0.15) is 24.8 Å². The number of nitrogens with two attached hydrogens (primary N) is 1. The fourth-order valence-electron chi connectivity index (χ4n) is 2.24. The van der Waals surface area contributed by atoms with Crippen LogP contribution in [-0.4, -0.2) is 21.6 Å². The molecule has 2 rings (SSSR count). The number of rotatable bonds is 8. The lowest BCUT2D eigenvalue weighted by Crippen LogP contribution is -2.29. The van der Waals surface area contributed by atoms with Crippen molar-refractivity contribution in [3.05, 3.63) is 46.7 Å². The molecule has 1 atom stereocenters. The fourth-order valence-corrected chi connectivity index (χ4v) is 3.73. The van der Waals surface area contributed by atoms with Crippen LogP contribution in [0, 0.1) is 5.92 Å². The maximum atomic E-state index is 11.2. The van der Waals surface area contributed by atoms with E-state index < -0.39 is 10.0 Å². The third kappa shape index (κ3) is 5.31. The zero-order valence-corrected chi connectivity index (χ0v) is 14.9. The van der Waals surface area contributed by atoms with E-state index in [1.807, 2.05) is 0 Å². The lowest BCUT2D eigenvalue weighted by Gasteiger charge is -2.21. The van der Waals surface area contributed by atoms with Crippen molar-refractivity contribution in [2.75, 3.05) is 13.2 Å². The molecule has 0 saturated carbocycles. The van der Waals surface area contributed by atoms with Gasteiger partial charge in [0.15, 0.2) is 0 Å². The van der Waals surface area contributed by atoms with E-state index in [-0.39, 0.29) is 4.90 Å². The zero-order chi connectivity index (χ0) is 16.9. The molecule has 2 aromatic rings. The smallest absolute Gasteiger partial charge is 0.238 e. The summed E-state index contributed by atoms with van der Waals surface area (Å²) in [5.41, 5.74) is 0. The molecular weight excluding hydrogens is 332 g/mol. The first-order valence-corrected chi connectivity index (χ1v) is 9.83. The van der Waals surface area contributed by atoms with Crippen LogP contribution in [0.15, 0.2) is 46.7 Å². The predicted octanol–water partition coefficient (Wildman–Crippen LogP) is 2.76.